The van der Waals surface area contributed by atoms with Crippen LogP contribution in [0.1, 0.15) is 42.8 Å². The van der Waals surface area contributed by atoms with Gasteiger partial charge >= 0.3 is 0 Å². The molecule has 1 aliphatic rings. The largest absolute Gasteiger partial charge is 0.497 e. The molecule has 31 heavy (non-hydrogen) atoms. The van der Waals surface area contributed by atoms with Gasteiger partial charge in [0.15, 0.2) is 0 Å². The number of aromatic nitrogens is 1. The number of nitrogens with one attached hydrogen (secondary N) is 1. The summed E-state index contributed by atoms with van der Waals surface area (Å²) in [5, 5.41) is 12.0. The molecule has 0 spiro atoms. The van der Waals surface area contributed by atoms with Crippen molar-refractivity contribution in [3.8, 4) is 5.75 Å². The molecule has 0 aliphatic heterocycles. The van der Waals surface area contributed by atoms with Crippen molar-refractivity contribution in [2.24, 2.45) is 5.92 Å². The number of hydroxylamine groups is 1. The lowest BCUT2D eigenvalue weighted by atomic mass is 9.83. The highest BCUT2D eigenvalue weighted by Gasteiger charge is 2.41. The number of hydrogen-bond acceptors (Lipinski definition) is 7. The number of halogens is 1. The lowest BCUT2D eigenvalue weighted by Crippen LogP contribution is -2.52. The van der Waals surface area contributed by atoms with Crippen LogP contribution in [0.25, 0.3) is 0 Å². The van der Waals surface area contributed by atoms with Crippen molar-refractivity contribution in [1.29, 1.82) is 0 Å². The number of methoxy groups -OCH3 is 1. The maximum atomic E-state index is 13.6. The molecule has 1 aromatic heterocycles. The fourth-order valence-electron chi connectivity index (χ4n) is 3.95. The van der Waals surface area contributed by atoms with Crippen molar-refractivity contribution in [3.63, 3.8) is 0 Å². The first-order chi connectivity index (χ1) is 14.4. The fraction of sp³-hybridized carbons (Fsp3) is 0.500. The molecule has 1 amide bonds. The van der Waals surface area contributed by atoms with Gasteiger partial charge in [0, 0.05) is 5.38 Å². The van der Waals surface area contributed by atoms with Crippen molar-refractivity contribution in [1.82, 2.24) is 14.8 Å². The van der Waals surface area contributed by atoms with Gasteiger partial charge in [0.1, 0.15) is 11.8 Å². The van der Waals surface area contributed by atoms with E-state index in [1.807, 2.05) is 6.92 Å². The molecular formula is C20H28ClN3O5S2. The van der Waals surface area contributed by atoms with Crippen molar-refractivity contribution in [2.75, 3.05) is 7.11 Å². The Labute approximate surface area is 193 Å². The summed E-state index contributed by atoms with van der Waals surface area (Å²) in [7, 11) is -2.54. The number of aryl methyl sites for hydroxylation is 1. The van der Waals surface area contributed by atoms with Gasteiger partial charge in [0.2, 0.25) is 10.0 Å². The van der Waals surface area contributed by atoms with Crippen LogP contribution in [0.4, 0.5) is 0 Å². The molecule has 1 aliphatic carbocycles. The Kier molecular flexibility index (Phi) is 9.26. The van der Waals surface area contributed by atoms with Gasteiger partial charge in [0.25, 0.3) is 5.91 Å². The Morgan fingerprint density at radius 2 is 1.94 bits per heavy atom. The third kappa shape index (κ3) is 5.95. The minimum absolute atomic E-state index is 0. The van der Waals surface area contributed by atoms with Crippen LogP contribution in [0.3, 0.4) is 0 Å². The monoisotopic (exact) mass is 489 g/mol. The van der Waals surface area contributed by atoms with Crippen LogP contribution in [0.2, 0.25) is 0 Å². The number of hydrogen-bond donors (Lipinski definition) is 2. The number of benzene rings is 1. The second-order valence-corrected chi connectivity index (χ2v) is 10.4. The highest BCUT2D eigenvalue weighted by Crippen LogP contribution is 2.33. The second-order valence-electron chi connectivity index (χ2n) is 7.40. The van der Waals surface area contributed by atoms with E-state index in [4.69, 9.17) is 4.74 Å². The number of carbonyl (C=O) groups is 1. The zero-order valence-corrected chi connectivity index (χ0v) is 19.9. The first kappa shape index (κ1) is 25.5. The van der Waals surface area contributed by atoms with Gasteiger partial charge < -0.3 is 4.74 Å². The van der Waals surface area contributed by atoms with Crippen LogP contribution in [0, 0.1) is 12.8 Å². The van der Waals surface area contributed by atoms with E-state index in [0.29, 0.717) is 11.4 Å². The van der Waals surface area contributed by atoms with E-state index >= 15 is 0 Å². The number of nitrogens with zero attached hydrogens (tertiary/aromatic N) is 2. The van der Waals surface area contributed by atoms with Crippen molar-refractivity contribution in [3.05, 3.63) is 40.3 Å². The lowest BCUT2D eigenvalue weighted by Gasteiger charge is -2.36. The Balaban J connectivity index is 0.00000341. The predicted molar refractivity (Wildman–Crippen MR) is 120 cm³/mol. The Morgan fingerprint density at radius 3 is 2.45 bits per heavy atom. The van der Waals surface area contributed by atoms with Gasteiger partial charge in [-0.3, -0.25) is 10.0 Å². The average Bonchev–Trinajstić information content (AvgIpc) is 3.18. The molecule has 1 saturated carbocycles. The standard InChI is InChI=1S/C20H27N3O5S2.ClH/c1-14-21-16(13-29-14)12-23(19(20(24)22-25)15-6-4-3-5-7-15)30(26,27)18-10-8-17(28-2)9-11-18;/h8-11,13,15,19,25H,3-7,12H2,1-2H3,(H,22,24);1H. The predicted octanol–water partition coefficient (Wildman–Crippen LogP) is 3.53. The second kappa shape index (κ2) is 11.2. The SMILES string of the molecule is COc1ccc(S(=O)(=O)N(Cc2csc(C)n2)C(C(=O)NO)C2CCCCC2)cc1.Cl. The molecule has 1 aromatic carbocycles. The Hall–Kier alpha value is -1.72. The molecule has 8 nitrogen and oxygen atoms in total. The van der Waals surface area contributed by atoms with E-state index in [1.165, 1.54) is 34.9 Å². The number of amides is 1. The van der Waals surface area contributed by atoms with E-state index in [-0.39, 0.29) is 29.8 Å². The zero-order valence-electron chi connectivity index (χ0n) is 17.5. The van der Waals surface area contributed by atoms with Gasteiger partial charge in [-0.15, -0.1) is 23.7 Å². The zero-order chi connectivity index (χ0) is 21.7. The normalized spacial score (nSPS) is 15.9. The van der Waals surface area contributed by atoms with E-state index in [0.717, 1.165) is 37.1 Å². The van der Waals surface area contributed by atoms with Crippen molar-refractivity contribution < 1.29 is 23.2 Å². The van der Waals surface area contributed by atoms with Gasteiger partial charge in [-0.1, -0.05) is 19.3 Å². The van der Waals surface area contributed by atoms with Crippen LogP contribution in [0.5, 0.6) is 5.75 Å². The molecule has 2 N–H and O–H groups in total. The summed E-state index contributed by atoms with van der Waals surface area (Å²) in [4.78, 5) is 17.2. The van der Waals surface area contributed by atoms with E-state index in [1.54, 1.807) is 23.0 Å². The molecule has 3 rings (SSSR count). The minimum Gasteiger partial charge on any atom is -0.497 e. The minimum atomic E-state index is -4.05. The summed E-state index contributed by atoms with van der Waals surface area (Å²) in [5.41, 5.74) is 2.26. The molecular weight excluding hydrogens is 462 g/mol. The van der Waals surface area contributed by atoms with Crippen LogP contribution >= 0.6 is 23.7 Å². The van der Waals surface area contributed by atoms with E-state index < -0.39 is 22.0 Å². The quantitative estimate of drug-likeness (QED) is 0.433. The smallest absolute Gasteiger partial charge is 0.262 e. The molecule has 1 heterocycles. The molecule has 0 radical (unpaired) electrons. The maximum Gasteiger partial charge on any atom is 0.262 e. The van der Waals surface area contributed by atoms with Crippen LogP contribution in [0.15, 0.2) is 34.5 Å². The van der Waals surface area contributed by atoms with E-state index in [9.17, 15) is 18.4 Å². The summed E-state index contributed by atoms with van der Waals surface area (Å²) in [6.45, 7) is 1.79. The molecule has 1 atom stereocenters. The highest BCUT2D eigenvalue weighted by molar-refractivity contribution is 7.89. The Morgan fingerprint density at radius 1 is 1.29 bits per heavy atom. The average molecular weight is 490 g/mol. The number of sulfonamides is 1. The molecule has 172 valence electrons. The maximum absolute atomic E-state index is 13.6. The lowest BCUT2D eigenvalue weighted by molar-refractivity contribution is -0.135. The van der Waals surface area contributed by atoms with Crippen LogP contribution in [-0.4, -0.2) is 42.0 Å². The summed E-state index contributed by atoms with van der Waals surface area (Å²) in [6, 6.07) is 5.04. The first-order valence-corrected chi connectivity index (χ1v) is 12.2. The summed E-state index contributed by atoms with van der Waals surface area (Å²) in [6.07, 6.45) is 4.35. The third-order valence-electron chi connectivity index (χ3n) is 5.44. The van der Waals surface area contributed by atoms with Gasteiger partial charge in [-0.05, 0) is 49.9 Å². The van der Waals surface area contributed by atoms with Crippen LogP contribution < -0.4 is 10.2 Å². The third-order valence-corrected chi connectivity index (χ3v) is 8.10. The van der Waals surface area contributed by atoms with E-state index in [2.05, 4.69) is 4.98 Å². The van der Waals surface area contributed by atoms with Gasteiger partial charge in [-0.25, -0.2) is 18.9 Å². The number of carbonyl (C=O) groups excluding carboxylic acids is 1. The van der Waals surface area contributed by atoms with Gasteiger partial charge in [-0.2, -0.15) is 4.31 Å². The fourth-order valence-corrected chi connectivity index (χ4v) is 6.18. The summed E-state index contributed by atoms with van der Waals surface area (Å²) >= 11 is 1.42. The highest BCUT2D eigenvalue weighted by atomic mass is 35.5. The van der Waals surface area contributed by atoms with Crippen LogP contribution in [-0.2, 0) is 21.4 Å². The Bertz CT molecular complexity index is 959. The molecule has 11 heteroatoms. The topological polar surface area (TPSA) is 109 Å². The molecule has 0 saturated heterocycles. The summed E-state index contributed by atoms with van der Waals surface area (Å²) < 4.78 is 33.6. The number of rotatable bonds is 8. The number of ether oxygens (including phenoxy) is 1. The first-order valence-electron chi connectivity index (χ1n) is 9.87. The van der Waals surface area contributed by atoms with Crippen molar-refractivity contribution in [2.45, 2.75) is 56.5 Å². The molecule has 0 bridgehead atoms. The summed E-state index contributed by atoms with van der Waals surface area (Å²) in [5.74, 6) is -0.364. The molecule has 2 aromatic rings. The molecule has 1 fully saturated rings. The van der Waals surface area contributed by atoms with Crippen molar-refractivity contribution >= 4 is 39.7 Å². The van der Waals surface area contributed by atoms with Gasteiger partial charge in [0.05, 0.1) is 29.3 Å². The number of thiazole rings is 1. The molecule has 1 unspecified atom stereocenters.